The fourth-order valence-corrected chi connectivity index (χ4v) is 2.74. The molecule has 98 valence electrons. The van der Waals surface area contributed by atoms with Crippen molar-refractivity contribution in [2.45, 2.75) is 32.0 Å². The van der Waals surface area contributed by atoms with Gasteiger partial charge in [-0.1, -0.05) is 54.1 Å². The van der Waals surface area contributed by atoms with Gasteiger partial charge in [0, 0.05) is 12.6 Å². The molecule has 0 spiro atoms. The van der Waals surface area contributed by atoms with Crippen LogP contribution in [0.4, 0.5) is 0 Å². The molecular weight excluding hydrogens is 234 g/mol. The molecule has 0 radical (unpaired) electrons. The molecule has 0 fully saturated rings. The quantitative estimate of drug-likeness (QED) is 0.880. The highest BCUT2D eigenvalue weighted by Crippen LogP contribution is 2.32. The maximum atomic E-state index is 10.4. The molecule has 1 heterocycles. The summed E-state index contributed by atoms with van der Waals surface area (Å²) in [7, 11) is 0. The first kappa shape index (κ1) is 12.4. The van der Waals surface area contributed by atoms with Gasteiger partial charge in [-0.05, 0) is 30.0 Å². The lowest BCUT2D eigenvalue weighted by Crippen LogP contribution is -2.15. The van der Waals surface area contributed by atoms with Crippen LogP contribution in [0.15, 0.2) is 48.5 Å². The Hall–Kier alpha value is -1.64. The Morgan fingerprint density at radius 3 is 2.68 bits per heavy atom. The fourth-order valence-electron chi connectivity index (χ4n) is 2.74. The third-order valence-electron chi connectivity index (χ3n) is 3.89. The molecule has 0 saturated heterocycles. The standard InChI is InChI=1S/C17H19NO/c1-12-6-8-13(9-7-12)17(19)10-16-15-5-3-2-4-14(15)11-18-16/h2-9,16-19H,10-11H2,1H3/t16-,17-/m0/s1. The molecule has 2 nitrogen and oxygen atoms in total. The van der Waals surface area contributed by atoms with E-state index < -0.39 is 6.10 Å². The van der Waals surface area contributed by atoms with Crippen molar-refractivity contribution in [3.05, 3.63) is 70.8 Å². The number of benzene rings is 2. The van der Waals surface area contributed by atoms with Crippen molar-refractivity contribution in [3.8, 4) is 0 Å². The summed E-state index contributed by atoms with van der Waals surface area (Å²) in [5, 5.41) is 13.8. The second-order valence-corrected chi connectivity index (χ2v) is 5.29. The molecule has 3 rings (SSSR count). The summed E-state index contributed by atoms with van der Waals surface area (Å²) < 4.78 is 0. The van der Waals surface area contributed by atoms with Gasteiger partial charge in [-0.2, -0.15) is 0 Å². The first-order chi connectivity index (χ1) is 9.24. The number of aliphatic hydroxyl groups excluding tert-OH is 1. The molecule has 2 aromatic rings. The van der Waals surface area contributed by atoms with Gasteiger partial charge in [-0.25, -0.2) is 0 Å². The van der Waals surface area contributed by atoms with E-state index in [2.05, 4.69) is 48.6 Å². The van der Waals surface area contributed by atoms with Crippen molar-refractivity contribution in [1.29, 1.82) is 0 Å². The van der Waals surface area contributed by atoms with Gasteiger partial charge in [0.2, 0.25) is 0 Å². The third kappa shape index (κ3) is 2.55. The number of hydrogen-bond donors (Lipinski definition) is 2. The lowest BCUT2D eigenvalue weighted by molar-refractivity contribution is 0.153. The zero-order chi connectivity index (χ0) is 13.2. The molecule has 19 heavy (non-hydrogen) atoms. The van der Waals surface area contributed by atoms with Gasteiger partial charge in [-0.15, -0.1) is 0 Å². The molecule has 2 heteroatoms. The number of nitrogens with one attached hydrogen (secondary N) is 1. The van der Waals surface area contributed by atoms with Crippen LogP contribution in [0, 0.1) is 6.92 Å². The van der Waals surface area contributed by atoms with E-state index in [1.165, 1.54) is 16.7 Å². The van der Waals surface area contributed by atoms with Gasteiger partial charge in [0.05, 0.1) is 6.10 Å². The maximum Gasteiger partial charge on any atom is 0.0808 e. The first-order valence-electron chi connectivity index (χ1n) is 6.80. The Labute approximate surface area is 114 Å². The van der Waals surface area contributed by atoms with Gasteiger partial charge in [-0.3, -0.25) is 0 Å². The third-order valence-corrected chi connectivity index (χ3v) is 3.89. The summed E-state index contributed by atoms with van der Waals surface area (Å²) in [6.07, 6.45) is 0.310. The minimum absolute atomic E-state index is 0.257. The SMILES string of the molecule is Cc1ccc([C@@H](O)C[C@@H]2NCc3ccccc32)cc1. The smallest absolute Gasteiger partial charge is 0.0808 e. The Morgan fingerprint density at radius 1 is 1.16 bits per heavy atom. The van der Waals surface area contributed by atoms with Crippen LogP contribution >= 0.6 is 0 Å². The Morgan fingerprint density at radius 2 is 1.89 bits per heavy atom. The molecule has 0 saturated carbocycles. The zero-order valence-corrected chi connectivity index (χ0v) is 11.1. The lowest BCUT2D eigenvalue weighted by Gasteiger charge is -2.17. The summed E-state index contributed by atoms with van der Waals surface area (Å²) in [6.45, 7) is 2.96. The molecule has 1 aliphatic rings. The van der Waals surface area contributed by atoms with Crippen molar-refractivity contribution in [2.75, 3.05) is 0 Å². The van der Waals surface area contributed by atoms with Gasteiger partial charge >= 0.3 is 0 Å². The molecule has 2 atom stereocenters. The molecule has 2 aromatic carbocycles. The molecule has 1 aliphatic heterocycles. The van der Waals surface area contributed by atoms with Gasteiger partial charge in [0.1, 0.15) is 0 Å². The van der Waals surface area contributed by atoms with Crippen LogP contribution < -0.4 is 5.32 Å². The van der Waals surface area contributed by atoms with Crippen LogP contribution in [0.3, 0.4) is 0 Å². The Kier molecular flexibility index (Phi) is 3.36. The van der Waals surface area contributed by atoms with Gasteiger partial charge in [0.15, 0.2) is 0 Å². The molecule has 0 amide bonds. The highest BCUT2D eigenvalue weighted by Gasteiger charge is 2.24. The molecular formula is C17H19NO. The van der Waals surface area contributed by atoms with E-state index in [-0.39, 0.29) is 6.04 Å². The lowest BCUT2D eigenvalue weighted by atomic mass is 9.96. The number of hydrogen-bond acceptors (Lipinski definition) is 2. The van der Waals surface area contributed by atoms with E-state index in [1.807, 2.05) is 12.1 Å². The normalized spacial score (nSPS) is 19.2. The highest BCUT2D eigenvalue weighted by molar-refractivity contribution is 5.34. The maximum absolute atomic E-state index is 10.4. The summed E-state index contributed by atoms with van der Waals surface area (Å²) in [4.78, 5) is 0. The second kappa shape index (κ2) is 5.16. The topological polar surface area (TPSA) is 32.3 Å². The van der Waals surface area contributed by atoms with Crippen LogP contribution in [0.1, 0.15) is 40.8 Å². The van der Waals surface area contributed by atoms with Crippen molar-refractivity contribution in [1.82, 2.24) is 5.32 Å². The average molecular weight is 253 g/mol. The largest absolute Gasteiger partial charge is 0.388 e. The van der Waals surface area contributed by atoms with E-state index in [0.717, 1.165) is 18.5 Å². The van der Waals surface area contributed by atoms with Crippen LogP contribution in [-0.2, 0) is 6.54 Å². The van der Waals surface area contributed by atoms with E-state index in [9.17, 15) is 5.11 Å². The van der Waals surface area contributed by atoms with E-state index in [0.29, 0.717) is 0 Å². The van der Waals surface area contributed by atoms with Crippen LogP contribution in [0.25, 0.3) is 0 Å². The zero-order valence-electron chi connectivity index (χ0n) is 11.1. The molecule has 0 aliphatic carbocycles. The second-order valence-electron chi connectivity index (χ2n) is 5.29. The summed E-state index contributed by atoms with van der Waals surface area (Å²) in [6, 6.07) is 16.8. The van der Waals surface area contributed by atoms with Crippen molar-refractivity contribution < 1.29 is 5.11 Å². The predicted octanol–water partition coefficient (Wildman–Crippen LogP) is 3.26. The van der Waals surface area contributed by atoms with Gasteiger partial charge in [0.25, 0.3) is 0 Å². The monoisotopic (exact) mass is 253 g/mol. The number of aliphatic hydroxyl groups is 1. The Bertz CT molecular complexity index is 562. The molecule has 0 bridgehead atoms. The fraction of sp³-hybridized carbons (Fsp3) is 0.294. The number of rotatable bonds is 3. The average Bonchev–Trinajstić information content (AvgIpc) is 2.83. The van der Waals surface area contributed by atoms with Crippen molar-refractivity contribution in [2.24, 2.45) is 0 Å². The highest BCUT2D eigenvalue weighted by atomic mass is 16.3. The summed E-state index contributed by atoms with van der Waals surface area (Å²) in [5.74, 6) is 0. The van der Waals surface area contributed by atoms with Crippen LogP contribution in [0.5, 0.6) is 0 Å². The minimum atomic E-state index is -0.413. The molecule has 2 N–H and O–H groups in total. The van der Waals surface area contributed by atoms with E-state index in [1.54, 1.807) is 0 Å². The van der Waals surface area contributed by atoms with Gasteiger partial charge < -0.3 is 10.4 Å². The van der Waals surface area contributed by atoms with E-state index >= 15 is 0 Å². The molecule has 0 unspecified atom stereocenters. The van der Waals surface area contributed by atoms with E-state index in [4.69, 9.17) is 0 Å². The van der Waals surface area contributed by atoms with Crippen LogP contribution in [-0.4, -0.2) is 5.11 Å². The van der Waals surface area contributed by atoms with Crippen molar-refractivity contribution >= 4 is 0 Å². The number of aryl methyl sites for hydroxylation is 1. The van der Waals surface area contributed by atoms with Crippen LogP contribution in [0.2, 0.25) is 0 Å². The predicted molar refractivity (Wildman–Crippen MR) is 76.8 cm³/mol. The first-order valence-corrected chi connectivity index (χ1v) is 6.80. The number of fused-ring (bicyclic) bond motifs is 1. The molecule has 0 aromatic heterocycles. The summed E-state index contributed by atoms with van der Waals surface area (Å²) >= 11 is 0. The summed E-state index contributed by atoms with van der Waals surface area (Å²) in [5.41, 5.74) is 4.90. The Balaban J connectivity index is 1.74. The minimum Gasteiger partial charge on any atom is -0.388 e. The van der Waals surface area contributed by atoms with Crippen molar-refractivity contribution in [3.63, 3.8) is 0 Å².